The molecule has 1 heteroatoms. The molecule has 0 aliphatic heterocycles. The van der Waals surface area contributed by atoms with Gasteiger partial charge >= 0.3 is 0 Å². The Labute approximate surface area is 295 Å². The van der Waals surface area contributed by atoms with Crippen LogP contribution in [-0.2, 0) is 0 Å². The van der Waals surface area contributed by atoms with Crippen LogP contribution in [0.1, 0.15) is 11.0 Å². The molecule has 1 nitrogen and oxygen atoms in total. The molecule has 0 saturated carbocycles. The largest absolute Gasteiger partial charge is 0.456 e. The third kappa shape index (κ3) is 4.47. The molecule has 0 unspecified atom stereocenters. The highest BCUT2D eigenvalue weighted by Crippen LogP contribution is 2.46. The van der Waals surface area contributed by atoms with Crippen LogP contribution in [0.4, 0.5) is 0 Å². The van der Waals surface area contributed by atoms with Crippen LogP contribution in [0.2, 0.25) is 0 Å². The van der Waals surface area contributed by atoms with Crippen molar-refractivity contribution >= 4 is 54.3 Å². The second kappa shape index (κ2) is 11.1. The molecule has 0 N–H and O–H groups in total. The van der Waals surface area contributed by atoms with E-state index in [-0.39, 0.29) is 40.4 Å². The van der Waals surface area contributed by atoms with Gasteiger partial charge in [0.05, 0.1) is 11.0 Å². The number of fused-ring (bicyclic) bond motifs is 6. The Morgan fingerprint density at radius 3 is 1.65 bits per heavy atom. The smallest absolute Gasteiger partial charge is 0.136 e. The highest BCUT2D eigenvalue weighted by molar-refractivity contribution is 6.22. The number of hydrogen-bond acceptors (Lipinski definition) is 1. The Bertz CT molecular complexity index is 3250. The predicted molar refractivity (Wildman–Crippen MR) is 208 cm³/mol. The molecule has 0 amide bonds. The molecule has 49 heavy (non-hydrogen) atoms. The van der Waals surface area contributed by atoms with E-state index in [0.717, 1.165) is 65.4 Å². The van der Waals surface area contributed by atoms with E-state index >= 15 is 0 Å². The minimum absolute atomic E-state index is 0.0104. The Hall–Kier alpha value is -6.44. The molecule has 0 aliphatic carbocycles. The summed E-state index contributed by atoms with van der Waals surface area (Å²) in [5.74, 6) is 0. The minimum atomic E-state index is -0.549. The van der Waals surface area contributed by atoms with Crippen LogP contribution in [0.5, 0.6) is 0 Å². The number of furan rings is 1. The van der Waals surface area contributed by atoms with E-state index in [1.165, 1.54) is 0 Å². The first-order valence-corrected chi connectivity index (χ1v) is 16.2. The molecule has 1 heterocycles. The van der Waals surface area contributed by atoms with Gasteiger partial charge in [0.25, 0.3) is 0 Å². The van der Waals surface area contributed by atoms with Gasteiger partial charge in [-0.1, -0.05) is 151 Å². The van der Waals surface area contributed by atoms with Crippen LogP contribution in [0, 0.1) is 0 Å². The van der Waals surface area contributed by atoms with E-state index in [0.29, 0.717) is 11.1 Å². The topological polar surface area (TPSA) is 13.1 Å². The van der Waals surface area contributed by atoms with Crippen molar-refractivity contribution < 1.29 is 15.4 Å². The fourth-order valence-corrected chi connectivity index (χ4v) is 7.24. The van der Waals surface area contributed by atoms with Crippen molar-refractivity contribution in [3.05, 3.63) is 182 Å². The van der Waals surface area contributed by atoms with E-state index in [1.807, 2.05) is 72.8 Å². The molecule has 228 valence electrons. The number of benzene rings is 9. The summed E-state index contributed by atoms with van der Waals surface area (Å²) in [5.41, 5.74) is 4.67. The number of rotatable bonds is 4. The first-order valence-electron chi connectivity index (χ1n) is 20.2. The Morgan fingerprint density at radius 1 is 0.367 bits per heavy atom. The van der Waals surface area contributed by atoms with Gasteiger partial charge in [-0.15, -0.1) is 0 Å². The maximum absolute atomic E-state index is 9.96. The van der Waals surface area contributed by atoms with Crippen molar-refractivity contribution in [1.82, 2.24) is 0 Å². The molecule has 0 atom stereocenters. The van der Waals surface area contributed by atoms with Crippen LogP contribution >= 0.6 is 0 Å². The van der Waals surface area contributed by atoms with Crippen molar-refractivity contribution in [2.75, 3.05) is 0 Å². The molecular weight excluding hydrogens is 593 g/mol. The quantitative estimate of drug-likeness (QED) is 0.176. The molecule has 9 aromatic carbocycles. The van der Waals surface area contributed by atoms with Gasteiger partial charge < -0.3 is 4.42 Å². The second-order valence-electron chi connectivity index (χ2n) is 12.2. The average molecular weight is 631 g/mol. The summed E-state index contributed by atoms with van der Waals surface area (Å²) in [4.78, 5) is 0. The van der Waals surface area contributed by atoms with Gasteiger partial charge in [-0.2, -0.15) is 0 Å². The Morgan fingerprint density at radius 2 is 0.959 bits per heavy atom. The normalized spacial score (nSPS) is 14.0. The van der Waals surface area contributed by atoms with Gasteiger partial charge in [-0.25, -0.2) is 0 Å². The molecule has 0 spiro atoms. The first-order chi connectivity index (χ1) is 27.6. The lowest BCUT2D eigenvalue weighted by Gasteiger charge is -2.19. The van der Waals surface area contributed by atoms with Crippen molar-refractivity contribution in [3.8, 4) is 44.5 Å². The van der Waals surface area contributed by atoms with Crippen molar-refractivity contribution in [3.63, 3.8) is 0 Å². The molecule has 0 radical (unpaired) electrons. The lowest BCUT2D eigenvalue weighted by Crippen LogP contribution is -1.92. The molecular formula is C48H30O. The molecule has 10 rings (SSSR count). The molecule has 10 aromatic rings. The van der Waals surface area contributed by atoms with E-state index < -0.39 is 30.2 Å². The standard InChI is InChI=1S/C48H30O/c1-3-13-31(14-4-1)37-25-23-35(28-42(37)32-15-5-2-6-16-32)47-38-19-9-11-21-40(38)48(41-22-12-10-20-39(41)47)36-24-26-45-43(29-36)44-27-33-17-7-8-18-34(33)30-46(44)49-45/h1-30H/i2D,5D,6D,15D,16D,23D,25D,28D. The average Bonchev–Trinajstić information content (AvgIpc) is 3.59. The third-order valence-electron chi connectivity index (χ3n) is 9.43. The first kappa shape index (κ1) is 20.7. The summed E-state index contributed by atoms with van der Waals surface area (Å²) in [5, 5.41) is 7.43. The number of hydrogen-bond donors (Lipinski definition) is 0. The van der Waals surface area contributed by atoms with E-state index in [9.17, 15) is 4.11 Å². The lowest BCUT2D eigenvalue weighted by atomic mass is 9.84. The zero-order chi connectivity index (χ0) is 39.3. The van der Waals surface area contributed by atoms with Crippen molar-refractivity contribution in [2.45, 2.75) is 0 Å². The van der Waals surface area contributed by atoms with Crippen LogP contribution in [0.3, 0.4) is 0 Å². The van der Waals surface area contributed by atoms with Gasteiger partial charge in [-0.3, -0.25) is 0 Å². The summed E-state index contributed by atoms with van der Waals surface area (Å²) >= 11 is 0. The van der Waals surface area contributed by atoms with Gasteiger partial charge in [0, 0.05) is 10.8 Å². The predicted octanol–water partition coefficient (Wildman–Crippen LogP) is 13.7. The highest BCUT2D eigenvalue weighted by Gasteiger charge is 2.19. The molecule has 0 fully saturated rings. The molecule has 0 bridgehead atoms. The SMILES string of the molecule is [2H]c1c([2H])c([2H])c(-c2c([2H])c(-c3c4ccccc4c(-c4ccc5oc6cc7ccccc7cc6c5c4)c4ccccc34)c([2H])c([2H])c2-c2ccccc2)c([2H])c1[2H]. The zero-order valence-electron chi connectivity index (χ0n) is 34.1. The summed E-state index contributed by atoms with van der Waals surface area (Å²) in [6.45, 7) is 0. The van der Waals surface area contributed by atoms with E-state index in [1.54, 1.807) is 24.3 Å². The van der Waals surface area contributed by atoms with Gasteiger partial charge in [0.1, 0.15) is 11.2 Å². The molecule has 1 aromatic heterocycles. The zero-order valence-corrected chi connectivity index (χ0v) is 26.1. The van der Waals surface area contributed by atoms with E-state index in [4.69, 9.17) is 11.3 Å². The monoisotopic (exact) mass is 630 g/mol. The summed E-state index contributed by atoms with van der Waals surface area (Å²) in [6.07, 6.45) is 0. The van der Waals surface area contributed by atoms with E-state index in [2.05, 4.69) is 36.4 Å². The molecule has 0 saturated heterocycles. The fourth-order valence-electron chi connectivity index (χ4n) is 7.24. The van der Waals surface area contributed by atoms with Crippen LogP contribution in [-0.4, -0.2) is 0 Å². The maximum atomic E-state index is 9.96. The maximum Gasteiger partial charge on any atom is 0.136 e. The van der Waals surface area contributed by atoms with Crippen molar-refractivity contribution in [2.24, 2.45) is 0 Å². The third-order valence-corrected chi connectivity index (χ3v) is 9.43. The van der Waals surface area contributed by atoms with Crippen molar-refractivity contribution in [1.29, 1.82) is 0 Å². The minimum Gasteiger partial charge on any atom is -0.456 e. The van der Waals surface area contributed by atoms with Gasteiger partial charge in [-0.05, 0) is 107 Å². The van der Waals surface area contributed by atoms with Gasteiger partial charge in [0.2, 0.25) is 0 Å². The summed E-state index contributed by atoms with van der Waals surface area (Å²) < 4.78 is 78.8. The Balaban J connectivity index is 1.31. The molecule has 0 aliphatic rings. The van der Waals surface area contributed by atoms with Gasteiger partial charge in [0.15, 0.2) is 0 Å². The second-order valence-corrected chi connectivity index (χ2v) is 12.2. The van der Waals surface area contributed by atoms with Crippen LogP contribution in [0.25, 0.3) is 98.8 Å². The van der Waals surface area contributed by atoms with Crippen LogP contribution in [0.15, 0.2) is 186 Å². The van der Waals surface area contributed by atoms with Crippen LogP contribution < -0.4 is 0 Å². The summed E-state index contributed by atoms with van der Waals surface area (Å²) in [6, 6.07) is 40.0. The Kier molecular flexibility index (Phi) is 4.69. The fraction of sp³-hybridized carbons (Fsp3) is 0. The summed E-state index contributed by atoms with van der Waals surface area (Å²) in [7, 11) is 0. The lowest BCUT2D eigenvalue weighted by molar-refractivity contribution is 0.669. The highest BCUT2D eigenvalue weighted by atomic mass is 16.3.